The van der Waals surface area contributed by atoms with Gasteiger partial charge in [0.1, 0.15) is 16.5 Å². The van der Waals surface area contributed by atoms with E-state index in [-0.39, 0.29) is 12.6 Å². The van der Waals surface area contributed by atoms with E-state index in [4.69, 9.17) is 4.74 Å². The Hall–Kier alpha value is -1.05. The SMILES string of the molecule is O=S(=O)(NCC1CCCO1)c1ccc(F)cc1F. The molecule has 0 aliphatic carbocycles. The minimum absolute atomic E-state index is 0.0964. The third-order valence-corrected chi connectivity index (χ3v) is 4.17. The summed E-state index contributed by atoms with van der Waals surface area (Å²) >= 11 is 0. The molecule has 1 atom stereocenters. The van der Waals surface area contributed by atoms with E-state index in [2.05, 4.69) is 4.72 Å². The predicted molar refractivity (Wildman–Crippen MR) is 60.5 cm³/mol. The summed E-state index contributed by atoms with van der Waals surface area (Å²) in [5.41, 5.74) is 0. The molecule has 7 heteroatoms. The van der Waals surface area contributed by atoms with E-state index in [0.29, 0.717) is 12.7 Å². The minimum Gasteiger partial charge on any atom is -0.377 e. The Kier molecular flexibility index (Phi) is 3.94. The smallest absolute Gasteiger partial charge is 0.243 e. The Morgan fingerprint density at radius 2 is 2.17 bits per heavy atom. The first-order valence-electron chi connectivity index (χ1n) is 5.55. The predicted octanol–water partition coefficient (Wildman–Crippen LogP) is 1.42. The second kappa shape index (κ2) is 5.29. The number of halogens is 2. The molecule has 0 bridgehead atoms. The van der Waals surface area contributed by atoms with Crippen molar-refractivity contribution in [3.05, 3.63) is 29.8 Å². The van der Waals surface area contributed by atoms with E-state index in [1.54, 1.807) is 0 Å². The van der Waals surface area contributed by atoms with Crippen LogP contribution in [0.3, 0.4) is 0 Å². The van der Waals surface area contributed by atoms with E-state index in [1.165, 1.54) is 0 Å². The average molecular weight is 277 g/mol. The van der Waals surface area contributed by atoms with Crippen LogP contribution in [0.25, 0.3) is 0 Å². The number of rotatable bonds is 4. The monoisotopic (exact) mass is 277 g/mol. The zero-order valence-electron chi connectivity index (χ0n) is 9.53. The largest absolute Gasteiger partial charge is 0.377 e. The van der Waals surface area contributed by atoms with Crippen molar-refractivity contribution >= 4 is 10.0 Å². The van der Waals surface area contributed by atoms with Crippen LogP contribution in [0.1, 0.15) is 12.8 Å². The Bertz CT molecular complexity index is 527. The lowest BCUT2D eigenvalue weighted by atomic mass is 10.2. The lowest BCUT2D eigenvalue weighted by Crippen LogP contribution is -2.32. The highest BCUT2D eigenvalue weighted by molar-refractivity contribution is 7.89. The average Bonchev–Trinajstić information content (AvgIpc) is 2.78. The highest BCUT2D eigenvalue weighted by Gasteiger charge is 2.22. The lowest BCUT2D eigenvalue weighted by Gasteiger charge is -2.11. The Morgan fingerprint density at radius 1 is 1.39 bits per heavy atom. The van der Waals surface area contributed by atoms with E-state index in [9.17, 15) is 17.2 Å². The van der Waals surface area contributed by atoms with Gasteiger partial charge >= 0.3 is 0 Å². The summed E-state index contributed by atoms with van der Waals surface area (Å²) in [4.78, 5) is -0.554. The number of hydrogen-bond donors (Lipinski definition) is 1. The molecule has 1 fully saturated rings. The summed E-state index contributed by atoms with van der Waals surface area (Å²) in [6.07, 6.45) is 1.48. The number of benzene rings is 1. The summed E-state index contributed by atoms with van der Waals surface area (Å²) < 4.78 is 57.1. The molecule has 1 N–H and O–H groups in total. The number of nitrogens with one attached hydrogen (secondary N) is 1. The van der Waals surface area contributed by atoms with Gasteiger partial charge in [-0.05, 0) is 25.0 Å². The van der Waals surface area contributed by atoms with Gasteiger partial charge in [0.15, 0.2) is 0 Å². The molecule has 18 heavy (non-hydrogen) atoms. The Balaban J connectivity index is 2.09. The van der Waals surface area contributed by atoms with Crippen molar-refractivity contribution in [2.45, 2.75) is 23.8 Å². The van der Waals surface area contributed by atoms with Crippen LogP contribution in [-0.4, -0.2) is 27.7 Å². The van der Waals surface area contributed by atoms with Crippen molar-refractivity contribution in [1.29, 1.82) is 0 Å². The molecule has 1 aliphatic heterocycles. The van der Waals surface area contributed by atoms with Crippen molar-refractivity contribution in [1.82, 2.24) is 4.72 Å². The number of hydrogen-bond acceptors (Lipinski definition) is 3. The van der Waals surface area contributed by atoms with Crippen LogP contribution in [0, 0.1) is 11.6 Å². The first-order chi connectivity index (χ1) is 8.49. The van der Waals surface area contributed by atoms with Gasteiger partial charge in [0.2, 0.25) is 10.0 Å². The quantitative estimate of drug-likeness (QED) is 0.905. The van der Waals surface area contributed by atoms with Crippen molar-refractivity contribution in [3.8, 4) is 0 Å². The standard InChI is InChI=1S/C11H13F2NO3S/c12-8-3-4-11(10(13)6-8)18(15,16)14-7-9-2-1-5-17-9/h3-4,6,9,14H,1-2,5,7H2. The molecule has 1 saturated heterocycles. The topological polar surface area (TPSA) is 55.4 Å². The van der Waals surface area contributed by atoms with Gasteiger partial charge in [-0.15, -0.1) is 0 Å². The van der Waals surface area contributed by atoms with Crippen LogP contribution >= 0.6 is 0 Å². The van der Waals surface area contributed by atoms with E-state index >= 15 is 0 Å². The van der Waals surface area contributed by atoms with Crippen molar-refractivity contribution in [3.63, 3.8) is 0 Å². The number of sulfonamides is 1. The van der Waals surface area contributed by atoms with Gasteiger partial charge in [-0.25, -0.2) is 21.9 Å². The first-order valence-corrected chi connectivity index (χ1v) is 7.04. The minimum atomic E-state index is -3.97. The van der Waals surface area contributed by atoms with Crippen LogP contribution in [0.4, 0.5) is 8.78 Å². The molecule has 1 unspecified atom stereocenters. The van der Waals surface area contributed by atoms with Crippen LogP contribution in [0.5, 0.6) is 0 Å². The van der Waals surface area contributed by atoms with Crippen LogP contribution in [-0.2, 0) is 14.8 Å². The molecular formula is C11H13F2NO3S. The van der Waals surface area contributed by atoms with Crippen LogP contribution in [0.2, 0.25) is 0 Å². The molecule has 4 nitrogen and oxygen atoms in total. The fourth-order valence-corrected chi connectivity index (χ4v) is 2.90. The zero-order chi connectivity index (χ0) is 13.2. The van der Waals surface area contributed by atoms with Gasteiger partial charge in [0.05, 0.1) is 6.10 Å². The van der Waals surface area contributed by atoms with Gasteiger partial charge < -0.3 is 4.74 Å². The maximum absolute atomic E-state index is 13.4. The summed E-state index contributed by atoms with van der Waals surface area (Å²) in [7, 11) is -3.97. The first kappa shape index (κ1) is 13.4. The Morgan fingerprint density at radius 3 is 2.78 bits per heavy atom. The molecule has 0 amide bonds. The fraction of sp³-hybridized carbons (Fsp3) is 0.455. The van der Waals surface area contributed by atoms with E-state index in [0.717, 1.165) is 25.0 Å². The van der Waals surface area contributed by atoms with Crippen molar-refractivity contribution in [2.24, 2.45) is 0 Å². The summed E-state index contributed by atoms with van der Waals surface area (Å²) in [6.45, 7) is 0.705. The lowest BCUT2D eigenvalue weighted by molar-refractivity contribution is 0.114. The summed E-state index contributed by atoms with van der Waals surface area (Å²) in [6, 6.07) is 2.35. The molecular weight excluding hydrogens is 264 g/mol. The van der Waals surface area contributed by atoms with Crippen LogP contribution in [0.15, 0.2) is 23.1 Å². The van der Waals surface area contributed by atoms with Gasteiger partial charge in [-0.2, -0.15) is 0 Å². The van der Waals surface area contributed by atoms with Gasteiger partial charge in [-0.3, -0.25) is 0 Å². The highest BCUT2D eigenvalue weighted by Crippen LogP contribution is 2.16. The van der Waals surface area contributed by atoms with Crippen molar-refractivity contribution < 1.29 is 21.9 Å². The molecule has 0 spiro atoms. The maximum atomic E-state index is 13.4. The molecule has 100 valence electrons. The highest BCUT2D eigenvalue weighted by atomic mass is 32.2. The molecule has 0 radical (unpaired) electrons. The molecule has 0 saturated carbocycles. The zero-order valence-corrected chi connectivity index (χ0v) is 10.3. The number of ether oxygens (including phenoxy) is 1. The molecule has 0 aromatic heterocycles. The molecule has 2 rings (SSSR count). The van der Waals surface area contributed by atoms with Crippen LogP contribution < -0.4 is 4.72 Å². The molecule has 1 heterocycles. The third-order valence-electron chi connectivity index (χ3n) is 2.71. The molecule has 1 aromatic rings. The van der Waals surface area contributed by atoms with E-state index < -0.39 is 26.6 Å². The summed E-state index contributed by atoms with van der Waals surface area (Å²) in [5, 5.41) is 0. The van der Waals surface area contributed by atoms with E-state index in [1.807, 2.05) is 0 Å². The molecule has 1 aromatic carbocycles. The normalized spacial score (nSPS) is 20.2. The second-order valence-corrected chi connectivity index (χ2v) is 5.80. The van der Waals surface area contributed by atoms with Gasteiger partial charge in [0, 0.05) is 19.2 Å². The van der Waals surface area contributed by atoms with Crippen molar-refractivity contribution in [2.75, 3.05) is 13.2 Å². The second-order valence-electron chi connectivity index (χ2n) is 4.06. The third kappa shape index (κ3) is 3.04. The summed E-state index contributed by atoms with van der Waals surface area (Å²) in [5.74, 6) is -1.92. The van der Waals surface area contributed by atoms with Gasteiger partial charge in [0.25, 0.3) is 0 Å². The molecule has 1 aliphatic rings. The Labute approximate surface area is 104 Å². The maximum Gasteiger partial charge on any atom is 0.243 e. The van der Waals surface area contributed by atoms with Gasteiger partial charge in [-0.1, -0.05) is 0 Å². The fourth-order valence-electron chi connectivity index (χ4n) is 1.78.